The summed E-state index contributed by atoms with van der Waals surface area (Å²) >= 11 is 0. The van der Waals surface area contributed by atoms with E-state index in [9.17, 15) is 5.11 Å². The van der Waals surface area contributed by atoms with Crippen LogP contribution in [-0.2, 0) is 6.54 Å². The third-order valence-corrected chi connectivity index (χ3v) is 3.13. The van der Waals surface area contributed by atoms with Crippen LogP contribution in [-0.4, -0.2) is 35.3 Å². The molecule has 0 unspecified atom stereocenters. The highest BCUT2D eigenvalue weighted by Gasteiger charge is 2.13. The van der Waals surface area contributed by atoms with Gasteiger partial charge in [-0.05, 0) is 38.3 Å². The molecule has 1 aromatic heterocycles. The Morgan fingerprint density at radius 1 is 1.33 bits per heavy atom. The number of aliphatic hydroxyl groups is 1. The first kappa shape index (κ1) is 13.3. The molecule has 4 heteroatoms. The number of rotatable bonds is 5. The average Bonchev–Trinajstić information content (AvgIpc) is 2.82. The van der Waals surface area contributed by atoms with Gasteiger partial charge in [0.2, 0.25) is 0 Å². The largest absolute Gasteiger partial charge is 0.389 e. The molecule has 0 spiro atoms. The summed E-state index contributed by atoms with van der Waals surface area (Å²) < 4.78 is 0. The Hall–Kier alpha value is -1.13. The molecule has 0 radical (unpaired) electrons. The first-order valence-electron chi connectivity index (χ1n) is 6.68. The minimum Gasteiger partial charge on any atom is -0.389 e. The number of hydrogen-bond donors (Lipinski definition) is 2. The summed E-state index contributed by atoms with van der Waals surface area (Å²) in [5, 5.41) is 12.8. The summed E-state index contributed by atoms with van der Waals surface area (Å²) in [7, 11) is 0. The predicted octanol–water partition coefficient (Wildman–Crippen LogP) is 1.54. The second kappa shape index (κ2) is 5.67. The van der Waals surface area contributed by atoms with Crippen molar-refractivity contribution < 1.29 is 5.11 Å². The van der Waals surface area contributed by atoms with Gasteiger partial charge < -0.3 is 15.3 Å². The van der Waals surface area contributed by atoms with Crippen molar-refractivity contribution in [2.75, 3.05) is 24.5 Å². The zero-order valence-electron chi connectivity index (χ0n) is 11.3. The molecule has 0 saturated carbocycles. The number of aromatic nitrogens is 1. The Bertz CT molecular complexity index is 364. The van der Waals surface area contributed by atoms with E-state index in [4.69, 9.17) is 0 Å². The minimum atomic E-state index is -0.664. The van der Waals surface area contributed by atoms with Gasteiger partial charge in [0.25, 0.3) is 0 Å². The topological polar surface area (TPSA) is 48.4 Å². The van der Waals surface area contributed by atoms with Crippen molar-refractivity contribution in [1.82, 2.24) is 10.3 Å². The Labute approximate surface area is 109 Å². The predicted molar refractivity (Wildman–Crippen MR) is 73.7 cm³/mol. The Morgan fingerprint density at radius 2 is 2.06 bits per heavy atom. The molecule has 1 saturated heterocycles. The monoisotopic (exact) mass is 249 g/mol. The molecule has 2 rings (SSSR count). The van der Waals surface area contributed by atoms with Crippen molar-refractivity contribution in [2.24, 2.45) is 0 Å². The van der Waals surface area contributed by atoms with Crippen molar-refractivity contribution >= 4 is 5.82 Å². The highest BCUT2D eigenvalue weighted by atomic mass is 16.3. The van der Waals surface area contributed by atoms with Gasteiger partial charge in [0.15, 0.2) is 0 Å². The van der Waals surface area contributed by atoms with Gasteiger partial charge in [0.05, 0.1) is 5.60 Å². The number of hydrogen-bond acceptors (Lipinski definition) is 4. The average molecular weight is 249 g/mol. The fourth-order valence-corrected chi connectivity index (χ4v) is 2.17. The summed E-state index contributed by atoms with van der Waals surface area (Å²) in [5.41, 5.74) is 0.491. The van der Waals surface area contributed by atoms with Crippen molar-refractivity contribution in [2.45, 2.75) is 38.8 Å². The molecule has 18 heavy (non-hydrogen) atoms. The third-order valence-electron chi connectivity index (χ3n) is 3.13. The lowest BCUT2D eigenvalue weighted by molar-refractivity contribution is 0.0795. The highest BCUT2D eigenvalue weighted by molar-refractivity contribution is 5.40. The summed E-state index contributed by atoms with van der Waals surface area (Å²) in [4.78, 5) is 6.83. The molecule has 100 valence electrons. The molecule has 1 aliphatic rings. The van der Waals surface area contributed by atoms with E-state index in [-0.39, 0.29) is 0 Å². The van der Waals surface area contributed by atoms with Crippen LogP contribution in [0, 0.1) is 0 Å². The molecule has 0 aliphatic carbocycles. The fourth-order valence-electron chi connectivity index (χ4n) is 2.17. The van der Waals surface area contributed by atoms with E-state index in [0.29, 0.717) is 6.54 Å². The first-order chi connectivity index (χ1) is 8.54. The van der Waals surface area contributed by atoms with E-state index in [2.05, 4.69) is 27.3 Å². The van der Waals surface area contributed by atoms with E-state index in [1.54, 1.807) is 13.8 Å². The Balaban J connectivity index is 1.84. The van der Waals surface area contributed by atoms with Gasteiger partial charge in [-0.2, -0.15) is 0 Å². The molecule has 0 atom stereocenters. The Morgan fingerprint density at radius 3 is 2.61 bits per heavy atom. The zero-order chi connectivity index (χ0) is 13.0. The summed E-state index contributed by atoms with van der Waals surface area (Å²) in [6.45, 7) is 7.19. The van der Waals surface area contributed by atoms with Crippen LogP contribution in [0.1, 0.15) is 32.3 Å². The van der Waals surface area contributed by atoms with Crippen LogP contribution in [0.2, 0.25) is 0 Å². The quantitative estimate of drug-likeness (QED) is 0.831. The summed E-state index contributed by atoms with van der Waals surface area (Å²) in [6.07, 6.45) is 4.47. The van der Waals surface area contributed by atoms with Crippen LogP contribution in [0.15, 0.2) is 18.3 Å². The van der Waals surface area contributed by atoms with Crippen LogP contribution in [0.25, 0.3) is 0 Å². The lowest BCUT2D eigenvalue weighted by Gasteiger charge is -2.18. The van der Waals surface area contributed by atoms with Crippen LogP contribution < -0.4 is 10.2 Å². The van der Waals surface area contributed by atoms with Crippen molar-refractivity contribution in [3.05, 3.63) is 23.9 Å². The normalized spacial score (nSPS) is 16.3. The lowest BCUT2D eigenvalue weighted by atomic mass is 10.1. The molecule has 2 heterocycles. The minimum absolute atomic E-state index is 0.584. The van der Waals surface area contributed by atoms with E-state index in [1.165, 1.54) is 12.8 Å². The smallest absolute Gasteiger partial charge is 0.128 e. The maximum Gasteiger partial charge on any atom is 0.128 e. The van der Waals surface area contributed by atoms with E-state index >= 15 is 0 Å². The SMILES string of the molecule is CC(C)(O)CNCc1ccc(N2CCCC2)nc1. The second-order valence-electron chi connectivity index (χ2n) is 5.63. The Kier molecular flexibility index (Phi) is 4.19. The zero-order valence-corrected chi connectivity index (χ0v) is 11.3. The first-order valence-corrected chi connectivity index (χ1v) is 6.68. The molecule has 0 bridgehead atoms. The van der Waals surface area contributed by atoms with Gasteiger partial charge in [-0.25, -0.2) is 4.98 Å². The number of nitrogens with one attached hydrogen (secondary N) is 1. The van der Waals surface area contributed by atoms with Gasteiger partial charge >= 0.3 is 0 Å². The maximum absolute atomic E-state index is 9.60. The van der Waals surface area contributed by atoms with Crippen molar-refractivity contribution in [3.63, 3.8) is 0 Å². The standard InChI is InChI=1S/C14H23N3O/c1-14(2,18)11-15-9-12-5-6-13(16-10-12)17-7-3-4-8-17/h5-6,10,15,18H,3-4,7-9,11H2,1-2H3. The number of nitrogens with zero attached hydrogens (tertiary/aromatic N) is 2. The molecule has 4 nitrogen and oxygen atoms in total. The summed E-state index contributed by atoms with van der Waals surface area (Å²) in [5.74, 6) is 1.08. The molecule has 1 aliphatic heterocycles. The fraction of sp³-hybridized carbons (Fsp3) is 0.643. The second-order valence-corrected chi connectivity index (χ2v) is 5.63. The molecular formula is C14H23N3O. The number of pyridine rings is 1. The molecule has 0 amide bonds. The van der Waals surface area contributed by atoms with Crippen LogP contribution >= 0.6 is 0 Å². The van der Waals surface area contributed by atoms with Gasteiger partial charge in [0, 0.05) is 32.4 Å². The van der Waals surface area contributed by atoms with E-state index in [0.717, 1.165) is 31.0 Å². The van der Waals surface area contributed by atoms with Crippen molar-refractivity contribution in [1.29, 1.82) is 0 Å². The number of anilines is 1. The summed E-state index contributed by atoms with van der Waals surface area (Å²) in [6, 6.07) is 4.20. The van der Waals surface area contributed by atoms with Gasteiger partial charge in [-0.1, -0.05) is 6.07 Å². The van der Waals surface area contributed by atoms with Gasteiger partial charge in [0.1, 0.15) is 5.82 Å². The van der Waals surface area contributed by atoms with E-state index < -0.39 is 5.60 Å². The molecule has 1 fully saturated rings. The molecular weight excluding hydrogens is 226 g/mol. The molecule has 0 aromatic carbocycles. The highest BCUT2D eigenvalue weighted by Crippen LogP contribution is 2.17. The third kappa shape index (κ3) is 3.96. The van der Waals surface area contributed by atoms with E-state index in [1.807, 2.05) is 6.20 Å². The molecule has 1 aromatic rings. The van der Waals surface area contributed by atoms with Crippen LogP contribution in [0.4, 0.5) is 5.82 Å². The molecule has 2 N–H and O–H groups in total. The maximum atomic E-state index is 9.60. The lowest BCUT2D eigenvalue weighted by Crippen LogP contribution is -2.34. The van der Waals surface area contributed by atoms with Gasteiger partial charge in [-0.15, -0.1) is 0 Å². The van der Waals surface area contributed by atoms with Gasteiger partial charge in [-0.3, -0.25) is 0 Å². The van der Waals surface area contributed by atoms with Crippen molar-refractivity contribution in [3.8, 4) is 0 Å². The van der Waals surface area contributed by atoms with Crippen LogP contribution in [0.3, 0.4) is 0 Å². The van der Waals surface area contributed by atoms with Crippen LogP contribution in [0.5, 0.6) is 0 Å².